The number of halogens is 3. The fourth-order valence-electron chi connectivity index (χ4n) is 5.28. The van der Waals surface area contributed by atoms with Gasteiger partial charge in [0.1, 0.15) is 12.6 Å². The average Bonchev–Trinajstić information content (AvgIpc) is 3.59. The van der Waals surface area contributed by atoms with Crippen molar-refractivity contribution in [3.8, 4) is 0 Å². The number of nitrogens with zero attached hydrogens (tertiary/aromatic N) is 4. The Kier molecular flexibility index (Phi) is 7.08. The molecule has 2 aromatic heterocycles. The molecule has 38 heavy (non-hydrogen) atoms. The molecule has 1 amide bonds. The van der Waals surface area contributed by atoms with Crippen molar-refractivity contribution in [2.75, 3.05) is 13.1 Å². The van der Waals surface area contributed by atoms with Gasteiger partial charge in [0.2, 0.25) is 5.91 Å². The van der Waals surface area contributed by atoms with Crippen molar-refractivity contribution >= 4 is 22.9 Å². The molecule has 7 nitrogen and oxygen atoms in total. The van der Waals surface area contributed by atoms with Gasteiger partial charge in [0, 0.05) is 30.1 Å². The summed E-state index contributed by atoms with van der Waals surface area (Å²) in [5.41, 5.74) is 8.82. The number of hydrogen-bond acceptors (Lipinski definition) is 6. The van der Waals surface area contributed by atoms with Crippen LogP contribution in [0.15, 0.2) is 29.7 Å². The highest BCUT2D eigenvalue weighted by atomic mass is 32.1. The SMILES string of the molecule is Cc1cc(C)c(C2C=C(c3csc(C4CCN(C(=O)Cn5nc(C(F)(F)F)cc5C)CC4)n3)NO2)c(C)c1. The number of likely N-dealkylation sites (tertiary alicyclic amines) is 1. The van der Waals surface area contributed by atoms with Crippen LogP contribution in [0.2, 0.25) is 0 Å². The van der Waals surface area contributed by atoms with E-state index in [0.29, 0.717) is 18.8 Å². The van der Waals surface area contributed by atoms with Crippen molar-refractivity contribution in [2.24, 2.45) is 0 Å². The molecule has 2 aliphatic heterocycles. The number of alkyl halides is 3. The second-order valence-corrected chi connectivity index (χ2v) is 11.0. The smallest absolute Gasteiger partial charge is 0.341 e. The first-order chi connectivity index (χ1) is 18.0. The number of rotatable bonds is 5. The van der Waals surface area contributed by atoms with Crippen molar-refractivity contribution in [1.29, 1.82) is 0 Å². The highest BCUT2D eigenvalue weighted by Crippen LogP contribution is 2.36. The summed E-state index contributed by atoms with van der Waals surface area (Å²) in [5, 5.41) is 6.60. The first-order valence-corrected chi connectivity index (χ1v) is 13.4. The lowest BCUT2D eigenvalue weighted by molar-refractivity contribution is -0.142. The van der Waals surface area contributed by atoms with Gasteiger partial charge in [-0.25, -0.2) is 4.98 Å². The number of nitrogens with one attached hydrogen (secondary N) is 1. The van der Waals surface area contributed by atoms with E-state index < -0.39 is 11.9 Å². The number of carbonyl (C=O) groups is 1. The zero-order valence-electron chi connectivity index (χ0n) is 21.7. The highest BCUT2D eigenvalue weighted by Gasteiger charge is 2.35. The minimum Gasteiger partial charge on any atom is -0.341 e. The van der Waals surface area contributed by atoms with Crippen LogP contribution < -0.4 is 5.48 Å². The number of hydroxylamine groups is 1. The number of carbonyl (C=O) groups excluding carboxylic acids is 1. The topological polar surface area (TPSA) is 72.3 Å². The maximum atomic E-state index is 12.9. The number of thiazole rings is 1. The van der Waals surface area contributed by atoms with Crippen LogP contribution in [-0.2, 0) is 22.4 Å². The quantitative estimate of drug-likeness (QED) is 0.451. The van der Waals surface area contributed by atoms with Crippen LogP contribution in [0.1, 0.15) is 69.2 Å². The summed E-state index contributed by atoms with van der Waals surface area (Å²) in [4.78, 5) is 25.2. The Bertz CT molecular complexity index is 1360. The zero-order chi connectivity index (χ0) is 27.2. The normalized spacial score (nSPS) is 18.6. The predicted molar refractivity (Wildman–Crippen MR) is 138 cm³/mol. The summed E-state index contributed by atoms with van der Waals surface area (Å²) >= 11 is 1.60. The predicted octanol–water partition coefficient (Wildman–Crippen LogP) is 5.62. The lowest BCUT2D eigenvalue weighted by Gasteiger charge is -2.31. The van der Waals surface area contributed by atoms with Gasteiger partial charge in [-0.3, -0.25) is 19.8 Å². The van der Waals surface area contributed by atoms with E-state index in [9.17, 15) is 18.0 Å². The second-order valence-electron chi connectivity index (χ2n) is 10.1. The number of benzene rings is 1. The van der Waals surface area contributed by atoms with Gasteiger partial charge >= 0.3 is 6.18 Å². The van der Waals surface area contributed by atoms with Gasteiger partial charge in [-0.2, -0.15) is 18.3 Å². The molecule has 1 atom stereocenters. The van der Waals surface area contributed by atoms with Crippen molar-refractivity contribution in [1.82, 2.24) is 25.1 Å². The molecule has 1 N–H and O–H groups in total. The van der Waals surface area contributed by atoms with E-state index in [1.807, 2.05) is 5.38 Å². The van der Waals surface area contributed by atoms with Gasteiger partial charge in [0.25, 0.3) is 0 Å². The van der Waals surface area contributed by atoms with Crippen molar-refractivity contribution in [3.63, 3.8) is 0 Å². The molecule has 1 fully saturated rings. The highest BCUT2D eigenvalue weighted by molar-refractivity contribution is 7.09. The molecule has 3 aromatic rings. The van der Waals surface area contributed by atoms with E-state index in [1.165, 1.54) is 23.6 Å². The van der Waals surface area contributed by atoms with Crippen molar-refractivity contribution in [3.05, 3.63) is 74.0 Å². The first kappa shape index (κ1) is 26.4. The molecule has 0 bridgehead atoms. The monoisotopic (exact) mass is 545 g/mol. The Labute approximate surface area is 223 Å². The molecule has 0 saturated carbocycles. The summed E-state index contributed by atoms with van der Waals surface area (Å²) in [6.45, 7) is 8.66. The minimum atomic E-state index is -4.53. The molecular formula is C27H30F3N5O2S. The fourth-order valence-corrected chi connectivity index (χ4v) is 6.27. The number of aryl methyl sites for hydroxylation is 4. The van der Waals surface area contributed by atoms with Crippen LogP contribution in [-0.4, -0.2) is 38.7 Å². The summed E-state index contributed by atoms with van der Waals surface area (Å²) in [7, 11) is 0. The molecule has 1 aromatic carbocycles. The van der Waals surface area contributed by atoms with Gasteiger partial charge < -0.3 is 4.90 Å². The minimum absolute atomic E-state index is 0.185. The molecule has 0 aliphatic carbocycles. The van der Waals surface area contributed by atoms with Gasteiger partial charge in [-0.1, -0.05) is 17.7 Å². The Morgan fingerprint density at radius 3 is 2.45 bits per heavy atom. The van der Waals surface area contributed by atoms with E-state index in [1.54, 1.807) is 16.2 Å². The van der Waals surface area contributed by atoms with E-state index >= 15 is 0 Å². The third-order valence-electron chi connectivity index (χ3n) is 7.19. The maximum Gasteiger partial charge on any atom is 0.435 e. The number of amides is 1. The molecule has 0 radical (unpaired) electrons. The summed E-state index contributed by atoms with van der Waals surface area (Å²) in [6, 6.07) is 5.28. The van der Waals surface area contributed by atoms with Gasteiger partial charge in [-0.15, -0.1) is 11.3 Å². The van der Waals surface area contributed by atoms with E-state index in [-0.39, 0.29) is 24.5 Å². The summed E-state index contributed by atoms with van der Waals surface area (Å²) in [6.07, 6.45) is -1.16. The number of piperidine rings is 1. The molecule has 2 aliphatic rings. The zero-order valence-corrected chi connectivity index (χ0v) is 22.5. The van der Waals surface area contributed by atoms with Crippen LogP contribution in [0.5, 0.6) is 0 Å². The largest absolute Gasteiger partial charge is 0.435 e. The van der Waals surface area contributed by atoms with Crippen LogP contribution in [0.3, 0.4) is 0 Å². The van der Waals surface area contributed by atoms with E-state index in [0.717, 1.165) is 45.6 Å². The standard InChI is InChI=1S/C27H30F3N5O2S/c1-15-9-16(2)25(17(3)10-15)22-12-20(33-37-22)21-14-38-26(31-21)19-5-7-34(8-6-19)24(36)13-35-18(4)11-23(32-35)27(28,29)30/h9-12,14,19,22,33H,5-8,13H2,1-4H3. The third kappa shape index (κ3) is 5.35. The Morgan fingerprint density at radius 2 is 1.82 bits per heavy atom. The molecular weight excluding hydrogens is 515 g/mol. The second kappa shape index (κ2) is 10.2. The molecule has 202 valence electrons. The van der Waals surface area contributed by atoms with Gasteiger partial charge in [-0.05, 0) is 69.4 Å². The van der Waals surface area contributed by atoms with Crippen molar-refractivity contribution < 1.29 is 22.8 Å². The Balaban J connectivity index is 1.20. The van der Waals surface area contributed by atoms with Crippen molar-refractivity contribution in [2.45, 2.75) is 65.3 Å². The van der Waals surface area contributed by atoms with Gasteiger partial charge in [0.15, 0.2) is 5.69 Å². The number of aromatic nitrogens is 3. The fraction of sp³-hybridized carbons (Fsp3) is 0.444. The summed E-state index contributed by atoms with van der Waals surface area (Å²) in [5.74, 6) is -0.00484. The Hall–Kier alpha value is -3.18. The Morgan fingerprint density at radius 1 is 1.13 bits per heavy atom. The molecule has 5 rings (SSSR count). The molecule has 1 saturated heterocycles. The molecule has 1 unspecified atom stereocenters. The average molecular weight is 546 g/mol. The van der Waals surface area contributed by atoms with Crippen LogP contribution in [0, 0.1) is 27.7 Å². The van der Waals surface area contributed by atoms with Crippen LogP contribution in [0.4, 0.5) is 13.2 Å². The first-order valence-electron chi connectivity index (χ1n) is 12.6. The van der Waals surface area contributed by atoms with Crippen LogP contribution >= 0.6 is 11.3 Å². The maximum absolute atomic E-state index is 12.9. The third-order valence-corrected chi connectivity index (χ3v) is 8.20. The van der Waals surface area contributed by atoms with E-state index in [2.05, 4.69) is 49.6 Å². The number of hydrogen-bond donors (Lipinski definition) is 1. The molecule has 0 spiro atoms. The molecule has 11 heteroatoms. The van der Waals surface area contributed by atoms with E-state index in [4.69, 9.17) is 9.82 Å². The molecule has 4 heterocycles. The summed E-state index contributed by atoms with van der Waals surface area (Å²) < 4.78 is 39.9. The lowest BCUT2D eigenvalue weighted by atomic mass is 9.95. The van der Waals surface area contributed by atoms with Gasteiger partial charge in [0.05, 0.1) is 16.4 Å². The van der Waals surface area contributed by atoms with Crippen LogP contribution in [0.25, 0.3) is 5.70 Å². The lowest BCUT2D eigenvalue weighted by Crippen LogP contribution is -2.40.